The molecule has 0 aromatic heterocycles. The Kier molecular flexibility index (Phi) is 5.73. The fraction of sp³-hybridized carbons (Fsp3) is 0.950. The SMILES string of the molecule is CCN1CCN(C(CP(=O)(OC)OC)=NC23CC4CC(CC(C4)C2)C3)CC1. The summed E-state index contributed by atoms with van der Waals surface area (Å²) in [7, 11) is -0.146. The van der Waals surface area contributed by atoms with Crippen molar-refractivity contribution < 1.29 is 13.6 Å². The van der Waals surface area contributed by atoms with E-state index in [0.29, 0.717) is 6.16 Å². The van der Waals surface area contributed by atoms with Gasteiger partial charge in [-0.15, -0.1) is 0 Å². The second-order valence-electron chi connectivity index (χ2n) is 9.23. The number of piperazine rings is 1. The highest BCUT2D eigenvalue weighted by Gasteiger charge is 2.51. The second kappa shape index (κ2) is 7.78. The molecule has 7 heteroatoms. The summed E-state index contributed by atoms with van der Waals surface area (Å²) in [5.41, 5.74) is 0.0816. The molecule has 154 valence electrons. The van der Waals surface area contributed by atoms with Crippen LogP contribution < -0.4 is 0 Å². The van der Waals surface area contributed by atoms with Crippen molar-refractivity contribution in [1.82, 2.24) is 9.80 Å². The standard InChI is InChI=1S/C20H36N3O3P/c1-4-22-5-7-23(8-6-22)19(15-27(24,25-2)26-3)21-20-12-16-9-17(13-20)11-18(10-16)14-20/h16-18H,4-15H2,1-3H3. The van der Waals surface area contributed by atoms with Gasteiger partial charge < -0.3 is 18.8 Å². The van der Waals surface area contributed by atoms with E-state index in [-0.39, 0.29) is 5.54 Å². The van der Waals surface area contributed by atoms with Gasteiger partial charge >= 0.3 is 7.60 Å². The summed E-state index contributed by atoms with van der Waals surface area (Å²) in [6.07, 6.45) is 8.20. The monoisotopic (exact) mass is 397 g/mol. The maximum atomic E-state index is 12.9. The van der Waals surface area contributed by atoms with E-state index in [1.54, 1.807) is 0 Å². The van der Waals surface area contributed by atoms with Crippen LogP contribution in [0.5, 0.6) is 0 Å². The van der Waals surface area contributed by atoms with Crippen LogP contribution in [0, 0.1) is 17.8 Å². The molecule has 0 aromatic rings. The van der Waals surface area contributed by atoms with Gasteiger partial charge in [0.05, 0.1) is 5.54 Å². The minimum Gasteiger partial charge on any atom is -0.357 e. The van der Waals surface area contributed by atoms with Crippen molar-refractivity contribution in [3.05, 3.63) is 0 Å². The predicted molar refractivity (Wildman–Crippen MR) is 109 cm³/mol. The first-order chi connectivity index (χ1) is 13.0. The second-order valence-corrected chi connectivity index (χ2v) is 11.5. The first-order valence-corrected chi connectivity index (χ1v) is 12.5. The van der Waals surface area contributed by atoms with Crippen molar-refractivity contribution in [3.63, 3.8) is 0 Å². The van der Waals surface area contributed by atoms with Gasteiger partial charge in [-0.1, -0.05) is 6.92 Å². The minimum atomic E-state index is -3.12. The van der Waals surface area contributed by atoms with Crippen molar-refractivity contribution in [1.29, 1.82) is 0 Å². The Labute approximate surface area is 164 Å². The molecule has 27 heavy (non-hydrogen) atoms. The summed E-state index contributed by atoms with van der Waals surface area (Å²) >= 11 is 0. The van der Waals surface area contributed by atoms with Gasteiger partial charge in [0.1, 0.15) is 12.0 Å². The van der Waals surface area contributed by atoms with Crippen LogP contribution >= 0.6 is 7.60 Å². The molecule has 4 saturated carbocycles. The van der Waals surface area contributed by atoms with Gasteiger partial charge in [0.15, 0.2) is 0 Å². The first-order valence-electron chi connectivity index (χ1n) is 10.7. The third-order valence-corrected chi connectivity index (χ3v) is 9.23. The highest BCUT2D eigenvalue weighted by Crippen LogP contribution is 2.57. The van der Waals surface area contributed by atoms with Crippen LogP contribution in [0.1, 0.15) is 45.4 Å². The van der Waals surface area contributed by atoms with Crippen LogP contribution in [0.3, 0.4) is 0 Å². The minimum absolute atomic E-state index is 0.0816. The van der Waals surface area contributed by atoms with E-state index >= 15 is 0 Å². The van der Waals surface area contributed by atoms with Gasteiger partial charge in [0, 0.05) is 40.4 Å². The number of amidine groups is 1. The van der Waals surface area contributed by atoms with Gasteiger partial charge in [0.25, 0.3) is 0 Å². The number of nitrogens with zero attached hydrogens (tertiary/aromatic N) is 3. The van der Waals surface area contributed by atoms with Gasteiger partial charge in [-0.2, -0.15) is 0 Å². The molecule has 1 heterocycles. The van der Waals surface area contributed by atoms with E-state index in [0.717, 1.165) is 56.3 Å². The maximum Gasteiger partial charge on any atom is 0.337 e. The molecule has 0 amide bonds. The van der Waals surface area contributed by atoms with Crippen LogP contribution in [0.25, 0.3) is 0 Å². The van der Waals surface area contributed by atoms with Crippen molar-refractivity contribution in [2.75, 3.05) is 53.1 Å². The predicted octanol–water partition coefficient (Wildman–Crippen LogP) is 3.48. The van der Waals surface area contributed by atoms with Gasteiger partial charge in [0.2, 0.25) is 0 Å². The Morgan fingerprint density at radius 2 is 1.52 bits per heavy atom. The summed E-state index contributed by atoms with van der Waals surface area (Å²) in [5, 5.41) is 0. The fourth-order valence-electron chi connectivity index (χ4n) is 6.38. The lowest BCUT2D eigenvalue weighted by Crippen LogP contribution is -2.53. The zero-order chi connectivity index (χ0) is 19.1. The molecule has 0 unspecified atom stereocenters. The van der Waals surface area contributed by atoms with E-state index in [1.807, 2.05) is 0 Å². The molecule has 5 aliphatic rings. The van der Waals surface area contributed by atoms with Crippen molar-refractivity contribution in [2.24, 2.45) is 22.7 Å². The average molecular weight is 398 g/mol. The quantitative estimate of drug-likeness (QED) is 0.390. The Hall–Kier alpha value is -0.420. The summed E-state index contributed by atoms with van der Waals surface area (Å²) in [4.78, 5) is 10.2. The Balaban J connectivity index is 1.59. The molecule has 4 aliphatic carbocycles. The van der Waals surface area contributed by atoms with E-state index in [4.69, 9.17) is 14.0 Å². The first kappa shape index (κ1) is 19.9. The zero-order valence-corrected chi connectivity index (χ0v) is 18.1. The summed E-state index contributed by atoms with van der Waals surface area (Å²) in [6.45, 7) is 7.29. The summed E-state index contributed by atoms with van der Waals surface area (Å²) < 4.78 is 23.5. The number of hydrogen-bond acceptors (Lipinski definition) is 5. The molecule has 1 aliphatic heterocycles. The molecule has 0 atom stereocenters. The smallest absolute Gasteiger partial charge is 0.337 e. The lowest BCUT2D eigenvalue weighted by Gasteiger charge is -2.55. The topological polar surface area (TPSA) is 54.4 Å². The molecule has 4 bridgehead atoms. The van der Waals surface area contributed by atoms with E-state index in [2.05, 4.69) is 16.7 Å². The van der Waals surface area contributed by atoms with Crippen molar-refractivity contribution in [2.45, 2.75) is 51.0 Å². The molecule has 0 radical (unpaired) electrons. The molecule has 5 rings (SSSR count). The van der Waals surface area contributed by atoms with E-state index in [9.17, 15) is 4.57 Å². The number of hydrogen-bond donors (Lipinski definition) is 0. The third-order valence-electron chi connectivity index (χ3n) is 7.45. The Morgan fingerprint density at radius 1 is 1.00 bits per heavy atom. The molecule has 1 saturated heterocycles. The van der Waals surface area contributed by atoms with E-state index < -0.39 is 7.60 Å². The van der Waals surface area contributed by atoms with Gasteiger partial charge in [-0.05, 0) is 62.8 Å². The molecule has 0 N–H and O–H groups in total. The van der Waals surface area contributed by atoms with Gasteiger partial charge in [-0.3, -0.25) is 9.56 Å². The average Bonchev–Trinajstić information content (AvgIpc) is 2.66. The summed E-state index contributed by atoms with van der Waals surface area (Å²) in [5.74, 6) is 3.54. The highest BCUT2D eigenvalue weighted by molar-refractivity contribution is 7.54. The van der Waals surface area contributed by atoms with Crippen LogP contribution in [-0.2, 0) is 13.6 Å². The largest absolute Gasteiger partial charge is 0.357 e. The Morgan fingerprint density at radius 3 is 1.96 bits per heavy atom. The van der Waals surface area contributed by atoms with Crippen LogP contribution in [0.2, 0.25) is 0 Å². The lowest BCUT2D eigenvalue weighted by molar-refractivity contribution is 0.000912. The van der Waals surface area contributed by atoms with Crippen LogP contribution in [0.15, 0.2) is 4.99 Å². The van der Waals surface area contributed by atoms with E-state index in [1.165, 1.54) is 52.7 Å². The number of aliphatic imine (C=N–C) groups is 1. The number of rotatable bonds is 6. The van der Waals surface area contributed by atoms with Crippen molar-refractivity contribution in [3.8, 4) is 0 Å². The van der Waals surface area contributed by atoms with Crippen LogP contribution in [-0.4, -0.2) is 74.3 Å². The maximum absolute atomic E-state index is 12.9. The fourth-order valence-corrected chi connectivity index (χ4v) is 7.41. The van der Waals surface area contributed by atoms with Crippen LogP contribution in [0.4, 0.5) is 0 Å². The summed E-state index contributed by atoms with van der Waals surface area (Å²) in [6, 6.07) is 0. The molecular weight excluding hydrogens is 361 g/mol. The molecular formula is C20H36N3O3P. The van der Waals surface area contributed by atoms with Crippen molar-refractivity contribution >= 4 is 13.4 Å². The Bertz CT molecular complexity index is 572. The molecule has 6 nitrogen and oxygen atoms in total. The highest BCUT2D eigenvalue weighted by atomic mass is 31.2. The molecule has 0 aromatic carbocycles. The third kappa shape index (κ3) is 4.14. The lowest BCUT2D eigenvalue weighted by atomic mass is 9.53. The molecule has 5 fully saturated rings. The normalized spacial score (nSPS) is 37.2. The number of likely N-dealkylation sites (N-methyl/N-ethyl adjacent to an activating group) is 1. The van der Waals surface area contributed by atoms with Gasteiger partial charge in [-0.25, -0.2) is 0 Å². The molecule has 0 spiro atoms. The zero-order valence-electron chi connectivity index (χ0n) is 17.2.